The number of carbonyl (C=O) groups is 1. The third-order valence-electron chi connectivity index (χ3n) is 4.45. The Morgan fingerprint density at radius 3 is 2.79 bits per heavy atom. The standard InChI is InChI=1S/C20H19N3O4S/c24-20(15-11-14-5-1-2-8-18(14)27-13-15)22-16-6-3-7-17(12-16)28(25,26)23-19-9-4-10-21-19/h1-3,5-8,11-12H,4,9-10,13H2,(H,21,23)(H,22,24). The van der Waals surface area contributed by atoms with Crippen LogP contribution in [-0.4, -0.2) is 33.3 Å². The Labute approximate surface area is 163 Å². The van der Waals surface area contributed by atoms with E-state index in [1.807, 2.05) is 24.3 Å². The molecule has 4 rings (SSSR count). The number of anilines is 1. The van der Waals surface area contributed by atoms with Crippen LogP contribution in [0.3, 0.4) is 0 Å². The van der Waals surface area contributed by atoms with Crippen molar-refractivity contribution in [3.8, 4) is 5.75 Å². The fourth-order valence-electron chi connectivity index (χ4n) is 3.04. The Kier molecular flexibility index (Phi) is 4.87. The summed E-state index contributed by atoms with van der Waals surface area (Å²) < 4.78 is 33.2. The van der Waals surface area contributed by atoms with Gasteiger partial charge in [0.05, 0.1) is 10.5 Å². The smallest absolute Gasteiger partial charge is 0.262 e. The number of nitrogens with zero attached hydrogens (tertiary/aromatic N) is 1. The number of amidine groups is 1. The number of hydrogen-bond acceptors (Lipinski definition) is 5. The van der Waals surface area contributed by atoms with Crippen LogP contribution >= 0.6 is 0 Å². The SMILES string of the molecule is O=C(Nc1cccc(S(=O)(=O)NC2=NCCC2)c1)C1=Cc2ccccc2OC1. The van der Waals surface area contributed by atoms with Gasteiger partial charge in [-0.1, -0.05) is 24.3 Å². The summed E-state index contributed by atoms with van der Waals surface area (Å²) in [5.41, 5.74) is 1.68. The molecule has 28 heavy (non-hydrogen) atoms. The normalized spacial score (nSPS) is 15.7. The summed E-state index contributed by atoms with van der Waals surface area (Å²) in [6.07, 6.45) is 3.23. The maximum atomic E-state index is 12.6. The molecule has 0 unspecified atom stereocenters. The molecule has 0 atom stereocenters. The Balaban J connectivity index is 1.51. The molecule has 1 amide bonds. The van der Waals surface area contributed by atoms with Crippen LogP contribution in [0.4, 0.5) is 5.69 Å². The maximum absolute atomic E-state index is 12.6. The van der Waals surface area contributed by atoms with E-state index in [1.54, 1.807) is 18.2 Å². The number of aliphatic imine (C=N–C) groups is 1. The van der Waals surface area contributed by atoms with E-state index in [9.17, 15) is 13.2 Å². The first-order valence-corrected chi connectivity index (χ1v) is 10.4. The summed E-state index contributed by atoms with van der Waals surface area (Å²) in [5.74, 6) is 0.864. The molecule has 0 radical (unpaired) electrons. The fourth-order valence-corrected chi connectivity index (χ4v) is 4.17. The zero-order valence-corrected chi connectivity index (χ0v) is 15.8. The first-order valence-electron chi connectivity index (χ1n) is 8.91. The summed E-state index contributed by atoms with van der Waals surface area (Å²) in [6, 6.07) is 13.6. The molecule has 2 heterocycles. The molecule has 7 nitrogen and oxygen atoms in total. The van der Waals surface area contributed by atoms with Crippen molar-refractivity contribution < 1.29 is 17.9 Å². The maximum Gasteiger partial charge on any atom is 0.262 e. The molecular formula is C20H19N3O4S. The highest BCUT2D eigenvalue weighted by Crippen LogP contribution is 2.26. The summed E-state index contributed by atoms with van der Waals surface area (Å²) >= 11 is 0. The molecule has 0 aromatic heterocycles. The zero-order valence-electron chi connectivity index (χ0n) is 15.0. The van der Waals surface area contributed by atoms with Gasteiger partial charge in [-0.05, 0) is 36.8 Å². The van der Waals surface area contributed by atoms with Crippen molar-refractivity contribution in [1.29, 1.82) is 0 Å². The van der Waals surface area contributed by atoms with Gasteiger partial charge in [0.2, 0.25) is 0 Å². The predicted octanol–water partition coefficient (Wildman–Crippen LogP) is 2.57. The minimum absolute atomic E-state index is 0.0686. The van der Waals surface area contributed by atoms with Crippen molar-refractivity contribution in [1.82, 2.24) is 4.72 Å². The number of para-hydroxylation sites is 1. The van der Waals surface area contributed by atoms with E-state index in [-0.39, 0.29) is 17.4 Å². The van der Waals surface area contributed by atoms with Crippen molar-refractivity contribution in [2.24, 2.45) is 4.99 Å². The van der Waals surface area contributed by atoms with E-state index < -0.39 is 10.0 Å². The number of rotatable bonds is 4. The van der Waals surface area contributed by atoms with Gasteiger partial charge in [-0.15, -0.1) is 0 Å². The minimum Gasteiger partial charge on any atom is -0.488 e. The number of sulfonamides is 1. The van der Waals surface area contributed by atoms with Gasteiger partial charge in [-0.2, -0.15) is 0 Å². The third-order valence-corrected chi connectivity index (χ3v) is 5.83. The molecule has 0 saturated heterocycles. The van der Waals surface area contributed by atoms with Gasteiger partial charge in [0.15, 0.2) is 0 Å². The Bertz CT molecular complexity index is 1090. The van der Waals surface area contributed by atoms with E-state index in [1.165, 1.54) is 12.1 Å². The van der Waals surface area contributed by atoms with Crippen molar-refractivity contribution in [2.75, 3.05) is 18.5 Å². The van der Waals surface area contributed by atoms with Crippen molar-refractivity contribution in [3.05, 3.63) is 59.7 Å². The second kappa shape index (κ2) is 7.47. The zero-order chi connectivity index (χ0) is 19.6. The summed E-state index contributed by atoms with van der Waals surface area (Å²) in [4.78, 5) is 16.8. The molecule has 144 valence electrons. The first-order chi connectivity index (χ1) is 13.5. The molecule has 0 bridgehead atoms. The molecule has 0 aliphatic carbocycles. The predicted molar refractivity (Wildman–Crippen MR) is 107 cm³/mol. The Hall–Kier alpha value is -3.13. The second-order valence-electron chi connectivity index (χ2n) is 6.52. The summed E-state index contributed by atoms with van der Waals surface area (Å²) in [7, 11) is -3.74. The van der Waals surface area contributed by atoms with Gasteiger partial charge in [0.1, 0.15) is 18.2 Å². The molecular weight excluding hydrogens is 378 g/mol. The van der Waals surface area contributed by atoms with E-state index in [0.29, 0.717) is 30.1 Å². The van der Waals surface area contributed by atoms with Gasteiger partial charge in [-0.25, -0.2) is 8.42 Å². The van der Waals surface area contributed by atoms with Gasteiger partial charge >= 0.3 is 0 Å². The van der Waals surface area contributed by atoms with E-state index in [0.717, 1.165) is 17.7 Å². The van der Waals surface area contributed by atoms with Gasteiger partial charge < -0.3 is 10.1 Å². The van der Waals surface area contributed by atoms with Crippen LogP contribution < -0.4 is 14.8 Å². The lowest BCUT2D eigenvalue weighted by atomic mass is 10.1. The van der Waals surface area contributed by atoms with Gasteiger partial charge in [0, 0.05) is 24.2 Å². The van der Waals surface area contributed by atoms with Crippen LogP contribution in [0.1, 0.15) is 18.4 Å². The second-order valence-corrected chi connectivity index (χ2v) is 8.20. The van der Waals surface area contributed by atoms with E-state index in [4.69, 9.17) is 4.74 Å². The largest absolute Gasteiger partial charge is 0.488 e. The van der Waals surface area contributed by atoms with Crippen LogP contribution in [0.5, 0.6) is 5.75 Å². The monoisotopic (exact) mass is 397 g/mol. The van der Waals surface area contributed by atoms with Crippen LogP contribution in [0.2, 0.25) is 0 Å². The van der Waals surface area contributed by atoms with Crippen LogP contribution in [-0.2, 0) is 14.8 Å². The lowest BCUT2D eigenvalue weighted by Crippen LogP contribution is -2.29. The highest BCUT2D eigenvalue weighted by molar-refractivity contribution is 7.90. The lowest BCUT2D eigenvalue weighted by Gasteiger charge is -2.17. The lowest BCUT2D eigenvalue weighted by molar-refractivity contribution is -0.113. The first kappa shape index (κ1) is 18.2. The topological polar surface area (TPSA) is 96.9 Å². The Morgan fingerprint density at radius 2 is 1.96 bits per heavy atom. The number of fused-ring (bicyclic) bond motifs is 1. The molecule has 0 spiro atoms. The molecule has 2 N–H and O–H groups in total. The van der Waals surface area contributed by atoms with Crippen LogP contribution in [0.15, 0.2) is 64.0 Å². The molecule has 2 aliphatic rings. The van der Waals surface area contributed by atoms with Crippen molar-refractivity contribution >= 4 is 33.5 Å². The van der Waals surface area contributed by atoms with Gasteiger partial charge in [0.25, 0.3) is 15.9 Å². The average Bonchev–Trinajstić information content (AvgIpc) is 3.20. The summed E-state index contributed by atoms with van der Waals surface area (Å²) in [6.45, 7) is 0.788. The molecule has 2 aliphatic heterocycles. The van der Waals surface area contributed by atoms with Gasteiger partial charge in [-0.3, -0.25) is 14.5 Å². The highest BCUT2D eigenvalue weighted by atomic mass is 32.2. The van der Waals surface area contributed by atoms with Crippen molar-refractivity contribution in [3.63, 3.8) is 0 Å². The minimum atomic E-state index is -3.74. The number of carbonyl (C=O) groups excluding carboxylic acids is 1. The highest BCUT2D eigenvalue weighted by Gasteiger charge is 2.20. The average molecular weight is 397 g/mol. The number of nitrogens with one attached hydrogen (secondary N) is 2. The quantitative estimate of drug-likeness (QED) is 0.829. The molecule has 0 fully saturated rings. The fraction of sp³-hybridized carbons (Fsp3) is 0.200. The number of amides is 1. The number of ether oxygens (including phenoxy) is 1. The number of hydrogen-bond donors (Lipinski definition) is 2. The molecule has 2 aromatic rings. The van der Waals surface area contributed by atoms with Crippen LogP contribution in [0, 0.1) is 0 Å². The number of benzene rings is 2. The third kappa shape index (κ3) is 3.91. The van der Waals surface area contributed by atoms with E-state index >= 15 is 0 Å². The van der Waals surface area contributed by atoms with E-state index in [2.05, 4.69) is 15.0 Å². The van der Waals surface area contributed by atoms with Crippen LogP contribution in [0.25, 0.3) is 6.08 Å². The summed E-state index contributed by atoms with van der Waals surface area (Å²) in [5, 5.41) is 2.74. The Morgan fingerprint density at radius 1 is 1.11 bits per heavy atom. The molecule has 2 aromatic carbocycles. The molecule has 0 saturated carbocycles. The molecule has 8 heteroatoms. The van der Waals surface area contributed by atoms with Crippen molar-refractivity contribution in [2.45, 2.75) is 17.7 Å².